The monoisotopic (exact) mass is 736 g/mol. The summed E-state index contributed by atoms with van der Waals surface area (Å²) < 4.78 is 33.9. The third-order valence-electron chi connectivity index (χ3n) is 8.92. The first-order chi connectivity index (χ1) is 22.5. The van der Waals surface area contributed by atoms with Crippen LogP contribution in [-0.4, -0.2) is 96.4 Å². The molecule has 18 heteroatoms. The Morgan fingerprint density at radius 2 is 0.812 bits per heavy atom. The summed E-state index contributed by atoms with van der Waals surface area (Å²) in [6, 6.07) is 2.14. The van der Waals surface area contributed by atoms with E-state index in [-0.39, 0.29) is 0 Å². The van der Waals surface area contributed by atoms with Gasteiger partial charge in [0.05, 0.1) is 6.61 Å². The average molecular weight is 737 g/mol. The minimum absolute atomic E-state index is 0.536. The minimum atomic E-state index is -5.07. The summed E-state index contributed by atoms with van der Waals surface area (Å²) in [5.74, 6) is 0. The molecule has 5 rings (SSSR count). The van der Waals surface area contributed by atoms with Gasteiger partial charge < -0.3 is 62.6 Å². The molecule has 0 bridgehead atoms. The summed E-state index contributed by atoms with van der Waals surface area (Å²) in [4.78, 5) is 34.1. The fourth-order valence-corrected chi connectivity index (χ4v) is 6.77. The Labute approximate surface area is 286 Å². The number of nitrogens with two attached hydrogens (primary N) is 4. The van der Waals surface area contributed by atoms with Crippen molar-refractivity contribution >= 4 is 15.6 Å². The van der Waals surface area contributed by atoms with Gasteiger partial charge in [-0.3, -0.25) is 9.05 Å². The van der Waals surface area contributed by atoms with E-state index in [1.807, 2.05) is 0 Å². The van der Waals surface area contributed by atoms with Crippen molar-refractivity contribution in [3.63, 3.8) is 0 Å². The van der Waals surface area contributed by atoms with Crippen LogP contribution in [0, 0.1) is 0 Å². The molecule has 5 fully saturated rings. The normalized spacial score (nSPS) is 29.8. The maximum Gasteiger partial charge on any atom is 0.472 e. The van der Waals surface area contributed by atoms with E-state index in [2.05, 4.69) is 9.05 Å². The predicted molar refractivity (Wildman–Crippen MR) is 182 cm³/mol. The van der Waals surface area contributed by atoms with Crippen molar-refractivity contribution in [1.29, 1.82) is 0 Å². The van der Waals surface area contributed by atoms with Crippen LogP contribution in [0.1, 0.15) is 128 Å². The largest absolute Gasteiger partial charge is 0.472 e. The van der Waals surface area contributed by atoms with Gasteiger partial charge in [0.15, 0.2) is 6.29 Å². The lowest BCUT2D eigenvalue weighted by atomic mass is 9.97. The van der Waals surface area contributed by atoms with Gasteiger partial charge in [0, 0.05) is 24.2 Å². The summed E-state index contributed by atoms with van der Waals surface area (Å²) >= 11 is 0. The van der Waals surface area contributed by atoms with Crippen LogP contribution in [0.4, 0.5) is 0 Å². The van der Waals surface area contributed by atoms with Crippen LogP contribution in [0.15, 0.2) is 0 Å². The molecule has 0 spiro atoms. The van der Waals surface area contributed by atoms with E-state index >= 15 is 0 Å². The highest BCUT2D eigenvalue weighted by molar-refractivity contribution is 7.46. The Bertz CT molecular complexity index is 827. The highest BCUT2D eigenvalue weighted by atomic mass is 31.2. The summed E-state index contributed by atoms with van der Waals surface area (Å²) in [6.07, 6.45) is 17.3. The molecular weight excluding hydrogens is 670 g/mol. The van der Waals surface area contributed by atoms with E-state index in [0.717, 1.165) is 0 Å². The SMILES string of the molecule is NC1CCCCC1.NC1CCCCC1.NC1CCCCC1.NC1CCCCC1.O=P(O)(O)OC[C@H]1OC(OP(=O)(O)O)[C@H](O)[C@@H](O)[C@@H]1O. The molecule has 15 N–H and O–H groups in total. The molecule has 48 heavy (non-hydrogen) atoms. The molecule has 0 aromatic carbocycles. The molecule has 288 valence electrons. The highest BCUT2D eigenvalue weighted by Crippen LogP contribution is 2.41. The van der Waals surface area contributed by atoms with Crippen LogP contribution in [0.2, 0.25) is 0 Å². The van der Waals surface area contributed by atoms with Gasteiger partial charge in [-0.05, 0) is 51.4 Å². The first-order valence-electron chi connectivity index (χ1n) is 17.6. The fraction of sp³-hybridized carbons (Fsp3) is 1.00. The van der Waals surface area contributed by atoms with Crippen LogP contribution in [0.25, 0.3) is 0 Å². The zero-order valence-electron chi connectivity index (χ0n) is 28.4. The van der Waals surface area contributed by atoms with Gasteiger partial charge in [-0.15, -0.1) is 0 Å². The number of phosphoric acid groups is 2. The summed E-state index contributed by atoms with van der Waals surface area (Å²) in [6.45, 7) is -0.907. The molecule has 5 aliphatic rings. The molecule has 1 unspecified atom stereocenters. The number of phosphoric ester groups is 2. The molecule has 0 amide bonds. The van der Waals surface area contributed by atoms with Gasteiger partial charge in [0.1, 0.15) is 24.4 Å². The van der Waals surface area contributed by atoms with Gasteiger partial charge in [-0.25, -0.2) is 9.13 Å². The molecule has 1 heterocycles. The van der Waals surface area contributed by atoms with Crippen LogP contribution in [-0.2, 0) is 22.9 Å². The topological polar surface area (TPSA) is 308 Å². The van der Waals surface area contributed by atoms with Crippen LogP contribution < -0.4 is 22.9 Å². The number of aliphatic hydroxyl groups excluding tert-OH is 3. The Hall–Kier alpha value is -0.100. The third-order valence-corrected chi connectivity index (χ3v) is 9.88. The number of hydrogen-bond acceptors (Lipinski definition) is 12. The second-order valence-corrected chi connectivity index (χ2v) is 15.9. The molecule has 0 aromatic rings. The number of rotatable bonds is 5. The van der Waals surface area contributed by atoms with Crippen molar-refractivity contribution in [3.8, 4) is 0 Å². The lowest BCUT2D eigenvalue weighted by Gasteiger charge is -2.39. The highest BCUT2D eigenvalue weighted by Gasteiger charge is 2.47. The van der Waals surface area contributed by atoms with Crippen molar-refractivity contribution in [2.75, 3.05) is 6.61 Å². The van der Waals surface area contributed by atoms with Gasteiger partial charge in [0.2, 0.25) is 0 Å². The Morgan fingerprint density at radius 3 is 1.04 bits per heavy atom. The molecule has 0 radical (unpaired) electrons. The lowest BCUT2D eigenvalue weighted by Crippen LogP contribution is -2.59. The molecule has 5 atom stereocenters. The van der Waals surface area contributed by atoms with E-state index in [1.165, 1.54) is 128 Å². The van der Waals surface area contributed by atoms with Gasteiger partial charge in [-0.2, -0.15) is 0 Å². The number of ether oxygens (including phenoxy) is 1. The van der Waals surface area contributed by atoms with E-state index in [4.69, 9.17) is 47.2 Å². The Morgan fingerprint density at radius 1 is 0.500 bits per heavy atom. The second-order valence-electron chi connectivity index (χ2n) is 13.5. The van der Waals surface area contributed by atoms with Crippen molar-refractivity contribution in [2.45, 2.75) is 183 Å². The summed E-state index contributed by atoms with van der Waals surface area (Å²) in [5, 5.41) is 28.4. The lowest BCUT2D eigenvalue weighted by molar-refractivity contribution is -0.279. The van der Waals surface area contributed by atoms with Gasteiger partial charge in [-0.1, -0.05) is 77.0 Å². The quantitative estimate of drug-likeness (QED) is 0.180. The third kappa shape index (κ3) is 23.4. The first-order valence-corrected chi connectivity index (χ1v) is 20.7. The minimum Gasteiger partial charge on any atom is -0.387 e. The maximum absolute atomic E-state index is 10.6. The standard InChI is InChI=1S/4C6H13N.C6H14O12P2/c4*7-6-4-2-1-3-5-6;7-3-2(1-16-19(10,11)12)17-6(5(9)4(3)8)18-20(13,14)15/h4*6H,1-5,7H2;2-9H,1H2,(H2,10,11,12)(H2,13,14,15)/t;;;;2-,3-,4+,5-,6?/m....1/s1. The summed E-state index contributed by atoms with van der Waals surface area (Å²) in [7, 11) is -9.95. The maximum atomic E-state index is 10.6. The van der Waals surface area contributed by atoms with Crippen molar-refractivity contribution in [2.24, 2.45) is 22.9 Å². The van der Waals surface area contributed by atoms with Crippen LogP contribution in [0.3, 0.4) is 0 Å². The van der Waals surface area contributed by atoms with Crippen LogP contribution in [0.5, 0.6) is 0 Å². The second kappa shape index (κ2) is 25.0. The molecule has 1 saturated heterocycles. The van der Waals surface area contributed by atoms with Crippen molar-refractivity contribution in [3.05, 3.63) is 0 Å². The smallest absolute Gasteiger partial charge is 0.387 e. The van der Waals surface area contributed by atoms with E-state index in [9.17, 15) is 24.4 Å². The molecule has 0 aromatic heterocycles. The van der Waals surface area contributed by atoms with E-state index in [0.29, 0.717) is 24.2 Å². The van der Waals surface area contributed by atoms with Crippen LogP contribution >= 0.6 is 15.6 Å². The van der Waals surface area contributed by atoms with Crippen molar-refractivity contribution < 1.29 is 57.8 Å². The average Bonchev–Trinajstić information content (AvgIpc) is 3.02. The van der Waals surface area contributed by atoms with E-state index in [1.54, 1.807) is 0 Å². The predicted octanol–water partition coefficient (Wildman–Crippen LogP) is 2.12. The molecule has 16 nitrogen and oxygen atoms in total. The molecular formula is C30H66N4O12P2. The zero-order valence-corrected chi connectivity index (χ0v) is 30.2. The molecule has 4 aliphatic carbocycles. The Balaban J connectivity index is 0.000000335. The van der Waals surface area contributed by atoms with E-state index < -0.39 is 53.0 Å². The molecule has 1 aliphatic heterocycles. The first kappa shape index (κ1) is 45.9. The molecule has 4 saturated carbocycles. The van der Waals surface area contributed by atoms with Crippen molar-refractivity contribution in [1.82, 2.24) is 0 Å². The number of aliphatic hydroxyl groups is 3. The number of hydrogen-bond donors (Lipinski definition) is 11. The summed E-state index contributed by atoms with van der Waals surface area (Å²) in [5.41, 5.74) is 22.5. The van der Waals surface area contributed by atoms with Gasteiger partial charge in [0.25, 0.3) is 0 Å². The Kier molecular flexibility index (Phi) is 23.9. The van der Waals surface area contributed by atoms with Gasteiger partial charge >= 0.3 is 15.6 Å². The zero-order chi connectivity index (χ0) is 36.2. The fourth-order valence-electron chi connectivity index (χ4n) is 5.98.